The first-order chi connectivity index (χ1) is 20.8. The van der Waals surface area contributed by atoms with E-state index in [1.54, 1.807) is 0 Å². The molecule has 1 atom stereocenters. The number of hydrogen-bond donors (Lipinski definition) is 0. The lowest BCUT2D eigenvalue weighted by Gasteiger charge is -2.17. The lowest BCUT2D eigenvalue weighted by Crippen LogP contribution is -2.01. The van der Waals surface area contributed by atoms with Crippen LogP contribution in [0.15, 0.2) is 0 Å². The summed E-state index contributed by atoms with van der Waals surface area (Å²) in [6.07, 6.45) is 55.6. The van der Waals surface area contributed by atoms with E-state index in [4.69, 9.17) is 0 Å². The lowest BCUT2D eigenvalue weighted by molar-refractivity contribution is 0.368. The second-order valence-corrected chi connectivity index (χ2v) is 14.4. The molecule has 0 aromatic carbocycles. The third-order valence-electron chi connectivity index (χ3n) is 10.0. The van der Waals surface area contributed by atoms with Crippen molar-refractivity contribution in [2.24, 2.45) is 5.92 Å². The Morgan fingerprint density at radius 1 is 0.262 bits per heavy atom. The molecule has 0 spiro atoms. The summed E-state index contributed by atoms with van der Waals surface area (Å²) < 4.78 is 0. The molecule has 0 fully saturated rings. The van der Waals surface area contributed by atoms with Crippen molar-refractivity contribution >= 4 is 0 Å². The first-order valence-electron chi connectivity index (χ1n) is 20.6. The molecule has 0 bridgehead atoms. The van der Waals surface area contributed by atoms with Crippen molar-refractivity contribution in [3.63, 3.8) is 0 Å². The molecule has 0 amide bonds. The number of hydrogen-bond acceptors (Lipinski definition) is 0. The predicted molar refractivity (Wildman–Crippen MR) is 196 cm³/mol. The molecule has 253 valence electrons. The normalized spacial score (nSPS) is 12.4. The minimum absolute atomic E-state index is 1.01. The van der Waals surface area contributed by atoms with Crippen LogP contribution in [0.2, 0.25) is 0 Å². The highest BCUT2D eigenvalue weighted by Gasteiger charge is 2.08. The van der Waals surface area contributed by atoms with E-state index < -0.39 is 0 Å². The smallest absolute Gasteiger partial charge is 0.0414 e. The van der Waals surface area contributed by atoms with Crippen LogP contribution in [0.25, 0.3) is 0 Å². The zero-order valence-electron chi connectivity index (χ0n) is 30.2. The van der Waals surface area contributed by atoms with Gasteiger partial charge in [-0.25, -0.2) is 0 Å². The van der Waals surface area contributed by atoms with E-state index in [1.807, 2.05) is 0 Å². The molecular weight excluding hydrogens is 504 g/mol. The molecule has 0 N–H and O–H groups in total. The second kappa shape index (κ2) is 39.0. The van der Waals surface area contributed by atoms with Crippen LogP contribution < -0.4 is 0 Å². The summed E-state index contributed by atoms with van der Waals surface area (Å²) in [4.78, 5) is 0. The zero-order chi connectivity index (χ0) is 30.4. The molecule has 0 aliphatic heterocycles. The molecule has 0 saturated heterocycles. The topological polar surface area (TPSA) is 0 Å². The van der Waals surface area contributed by atoms with E-state index in [0.29, 0.717) is 0 Å². The maximum atomic E-state index is 4.07. The Labute approximate surface area is 270 Å². The van der Waals surface area contributed by atoms with E-state index in [-0.39, 0.29) is 0 Å². The molecule has 0 aliphatic carbocycles. The van der Waals surface area contributed by atoms with Crippen LogP contribution in [-0.2, 0) is 0 Å². The van der Waals surface area contributed by atoms with Gasteiger partial charge in [-0.2, -0.15) is 0 Å². The highest BCUT2D eigenvalue weighted by Crippen LogP contribution is 2.25. The Bertz CT molecular complexity index is 439. The van der Waals surface area contributed by atoms with Crippen molar-refractivity contribution in [1.29, 1.82) is 0 Å². The summed E-state index contributed by atoms with van der Waals surface area (Å²) in [5, 5.41) is 0. The van der Waals surface area contributed by atoms with Gasteiger partial charge in [0.1, 0.15) is 0 Å². The van der Waals surface area contributed by atoms with Crippen LogP contribution in [0.4, 0.5) is 0 Å². The van der Waals surface area contributed by atoms with E-state index >= 15 is 0 Å². The predicted octanol–water partition coefficient (Wildman–Crippen LogP) is 16.3. The summed E-state index contributed by atoms with van der Waals surface area (Å²) in [5.74, 6) is 1.01. The monoisotopic (exact) mass is 590 g/mol. The molecule has 0 heteroatoms. The van der Waals surface area contributed by atoms with Crippen LogP contribution in [0, 0.1) is 12.8 Å². The quantitative estimate of drug-likeness (QED) is 0.0628. The summed E-state index contributed by atoms with van der Waals surface area (Å²) in [7, 11) is 0. The minimum atomic E-state index is 1.01. The maximum Gasteiger partial charge on any atom is -0.0414 e. The Morgan fingerprint density at radius 2 is 0.452 bits per heavy atom. The van der Waals surface area contributed by atoms with Gasteiger partial charge in [-0.3, -0.25) is 0 Å². The van der Waals surface area contributed by atoms with E-state index in [1.165, 1.54) is 238 Å². The van der Waals surface area contributed by atoms with E-state index in [2.05, 4.69) is 20.8 Å². The lowest BCUT2D eigenvalue weighted by atomic mass is 9.89. The second-order valence-electron chi connectivity index (χ2n) is 14.4. The van der Waals surface area contributed by atoms with Gasteiger partial charge in [-0.05, 0) is 5.92 Å². The van der Waals surface area contributed by atoms with Gasteiger partial charge in [0.15, 0.2) is 0 Å². The molecule has 0 rings (SSSR count). The zero-order valence-corrected chi connectivity index (χ0v) is 30.2. The first kappa shape index (κ1) is 42.0. The highest BCUT2D eigenvalue weighted by atomic mass is 14.1. The third-order valence-corrected chi connectivity index (χ3v) is 10.0. The Hall–Kier alpha value is 0. The van der Waals surface area contributed by atoms with Crippen molar-refractivity contribution in [3.8, 4) is 0 Å². The third kappa shape index (κ3) is 36.2. The van der Waals surface area contributed by atoms with Crippen molar-refractivity contribution in [1.82, 2.24) is 0 Å². The van der Waals surface area contributed by atoms with Gasteiger partial charge < -0.3 is 0 Å². The summed E-state index contributed by atoms with van der Waals surface area (Å²) in [5.41, 5.74) is 0. The van der Waals surface area contributed by atoms with Gasteiger partial charge >= 0.3 is 0 Å². The van der Waals surface area contributed by atoms with Crippen LogP contribution in [0.3, 0.4) is 0 Å². The SMILES string of the molecule is [CH2]CCCCC(CCCCCCCCCCCCCC)CCCCCCCCCCCCCCCCCCCCCC. The molecule has 0 aromatic heterocycles. The van der Waals surface area contributed by atoms with Gasteiger partial charge in [-0.15, -0.1) is 0 Å². The largest absolute Gasteiger partial charge is 0.0654 e. The van der Waals surface area contributed by atoms with E-state index in [9.17, 15) is 0 Å². The van der Waals surface area contributed by atoms with Crippen molar-refractivity contribution < 1.29 is 0 Å². The maximum absolute atomic E-state index is 4.07. The van der Waals surface area contributed by atoms with Gasteiger partial charge in [0.25, 0.3) is 0 Å². The molecule has 1 radical (unpaired) electrons. The Morgan fingerprint density at radius 3 is 0.667 bits per heavy atom. The van der Waals surface area contributed by atoms with Gasteiger partial charge in [0, 0.05) is 0 Å². The Balaban J connectivity index is 3.49. The molecule has 0 heterocycles. The average Bonchev–Trinajstić information content (AvgIpc) is 3.00. The van der Waals surface area contributed by atoms with Crippen LogP contribution in [0.1, 0.15) is 258 Å². The Kier molecular flexibility index (Phi) is 39.0. The molecular formula is C42H85. The summed E-state index contributed by atoms with van der Waals surface area (Å²) >= 11 is 0. The van der Waals surface area contributed by atoms with E-state index in [0.717, 1.165) is 12.3 Å². The molecule has 1 unspecified atom stereocenters. The highest BCUT2D eigenvalue weighted by molar-refractivity contribution is 4.62. The standard InChI is InChI=1S/C42H85/c1-4-7-10-12-14-16-18-20-21-22-23-24-25-26-27-29-31-33-35-38-41-42(39-36-9-6-3)40-37-34-32-30-28-19-17-15-13-11-8-5-2/h42H,3-41H2,1-2H3. The fourth-order valence-corrected chi connectivity index (χ4v) is 7.01. The van der Waals surface area contributed by atoms with Gasteiger partial charge in [-0.1, -0.05) is 265 Å². The minimum Gasteiger partial charge on any atom is -0.0654 e. The van der Waals surface area contributed by atoms with Crippen LogP contribution in [0.5, 0.6) is 0 Å². The van der Waals surface area contributed by atoms with Gasteiger partial charge in [0.2, 0.25) is 0 Å². The molecule has 0 saturated carbocycles. The first-order valence-corrected chi connectivity index (χ1v) is 20.6. The molecule has 42 heavy (non-hydrogen) atoms. The van der Waals surface area contributed by atoms with Crippen LogP contribution >= 0.6 is 0 Å². The van der Waals surface area contributed by atoms with Crippen molar-refractivity contribution in [3.05, 3.63) is 6.92 Å². The number of rotatable bonds is 38. The van der Waals surface area contributed by atoms with Crippen molar-refractivity contribution in [2.45, 2.75) is 258 Å². The average molecular weight is 590 g/mol. The fourth-order valence-electron chi connectivity index (χ4n) is 7.01. The fraction of sp³-hybridized carbons (Fsp3) is 0.976. The van der Waals surface area contributed by atoms with Gasteiger partial charge in [0.05, 0.1) is 0 Å². The summed E-state index contributed by atoms with van der Waals surface area (Å²) in [6.45, 7) is 8.70. The van der Waals surface area contributed by atoms with Crippen LogP contribution in [-0.4, -0.2) is 0 Å². The molecule has 0 nitrogen and oxygen atoms in total. The molecule has 0 aliphatic rings. The number of unbranched alkanes of at least 4 members (excludes halogenated alkanes) is 32. The summed E-state index contributed by atoms with van der Waals surface area (Å²) in [6, 6.07) is 0. The van der Waals surface area contributed by atoms with Crippen molar-refractivity contribution in [2.75, 3.05) is 0 Å². The molecule has 0 aromatic rings.